The zero-order valence-corrected chi connectivity index (χ0v) is 23.5. The van der Waals surface area contributed by atoms with Crippen LogP contribution in [0.5, 0.6) is 0 Å². The third-order valence-electron chi connectivity index (χ3n) is 7.43. The van der Waals surface area contributed by atoms with E-state index in [4.69, 9.17) is 4.98 Å². The summed E-state index contributed by atoms with van der Waals surface area (Å²) in [5.74, 6) is 0.309. The molecule has 12 nitrogen and oxygen atoms in total. The van der Waals surface area contributed by atoms with Crippen molar-refractivity contribution in [3.63, 3.8) is 0 Å². The summed E-state index contributed by atoms with van der Waals surface area (Å²) in [6, 6.07) is 13.9. The van der Waals surface area contributed by atoms with Gasteiger partial charge in [-0.25, -0.2) is 19.6 Å². The van der Waals surface area contributed by atoms with Crippen molar-refractivity contribution >= 4 is 56.7 Å². The highest BCUT2D eigenvalue weighted by atomic mass is 16.2. The number of carbonyl (C=O) groups excluding carboxylic acids is 2. The van der Waals surface area contributed by atoms with E-state index in [1.165, 1.54) is 48.4 Å². The number of hydrogen-bond donors (Lipinski definition) is 2. The van der Waals surface area contributed by atoms with Crippen LogP contribution >= 0.6 is 0 Å². The molecule has 0 saturated carbocycles. The number of fused-ring (bicyclic) bond motifs is 3. The van der Waals surface area contributed by atoms with E-state index < -0.39 is 12.1 Å². The van der Waals surface area contributed by atoms with Gasteiger partial charge in [-0.05, 0) is 37.3 Å². The summed E-state index contributed by atoms with van der Waals surface area (Å²) in [6.07, 6.45) is 15.6. The molecule has 0 saturated heterocycles. The first-order valence-corrected chi connectivity index (χ1v) is 14.1. The molecule has 0 atom stereocenters. The van der Waals surface area contributed by atoms with Crippen LogP contribution in [0, 0.1) is 0 Å². The van der Waals surface area contributed by atoms with E-state index >= 15 is 0 Å². The fraction of sp³-hybridized carbons (Fsp3) is 0.125. The van der Waals surface area contributed by atoms with Crippen LogP contribution in [0.15, 0.2) is 98.1 Å². The Bertz CT molecular complexity index is 1980. The van der Waals surface area contributed by atoms with Crippen molar-refractivity contribution in [2.75, 3.05) is 20.7 Å². The first kappa shape index (κ1) is 26.8. The average Bonchev–Trinajstić information content (AvgIpc) is 3.07. The summed E-state index contributed by atoms with van der Waals surface area (Å²) in [7, 11) is 0. The van der Waals surface area contributed by atoms with Crippen LogP contribution in [-0.2, 0) is 12.8 Å². The Balaban J connectivity index is 1.40. The van der Waals surface area contributed by atoms with Crippen LogP contribution in [0.4, 0.5) is 32.6 Å². The van der Waals surface area contributed by atoms with Crippen molar-refractivity contribution in [1.82, 2.24) is 29.9 Å². The van der Waals surface area contributed by atoms with Crippen molar-refractivity contribution < 1.29 is 9.59 Å². The van der Waals surface area contributed by atoms with Gasteiger partial charge in [-0.2, -0.15) is 10.0 Å². The van der Waals surface area contributed by atoms with Crippen molar-refractivity contribution in [2.45, 2.75) is 25.7 Å². The number of rotatable bonds is 4. The molecule has 2 aromatic carbocycles. The number of carbonyl (C=O) groups is 2. The maximum Gasteiger partial charge on any atom is 0.347 e. The van der Waals surface area contributed by atoms with E-state index in [1.54, 1.807) is 6.20 Å². The van der Waals surface area contributed by atoms with Gasteiger partial charge in [0.1, 0.15) is 0 Å². The Morgan fingerprint density at radius 1 is 0.682 bits per heavy atom. The number of anilines is 4. The molecule has 1 aliphatic carbocycles. The minimum absolute atomic E-state index is 0.111. The lowest BCUT2D eigenvalue weighted by molar-refractivity contribution is 0.248. The molecule has 0 radical (unpaired) electrons. The van der Waals surface area contributed by atoms with E-state index in [2.05, 4.69) is 35.6 Å². The zero-order chi connectivity index (χ0) is 29.9. The summed E-state index contributed by atoms with van der Waals surface area (Å²) in [6.45, 7) is 0. The minimum Gasteiger partial charge on any atom is -0.305 e. The first-order chi connectivity index (χ1) is 21.7. The SMILES string of the molecule is O=C(Nc1c2c(nc3ccccc13)CCCC2)N(c1cnccn1)N(C(=O)Nc1cnccn1)c1cncc2ccccc12. The van der Waals surface area contributed by atoms with Gasteiger partial charge in [0.15, 0.2) is 11.6 Å². The zero-order valence-electron chi connectivity index (χ0n) is 23.5. The Kier molecular flexibility index (Phi) is 7.12. The number of amides is 4. The van der Waals surface area contributed by atoms with E-state index in [1.807, 2.05) is 48.5 Å². The number of hydrazine groups is 1. The third kappa shape index (κ3) is 5.09. The lowest BCUT2D eigenvalue weighted by Crippen LogP contribution is -2.54. The summed E-state index contributed by atoms with van der Waals surface area (Å²) >= 11 is 0. The number of nitrogens with one attached hydrogen (secondary N) is 2. The normalized spacial score (nSPS) is 12.4. The molecular weight excluding hydrogens is 556 g/mol. The van der Waals surface area contributed by atoms with Crippen LogP contribution in [0.2, 0.25) is 0 Å². The van der Waals surface area contributed by atoms with Gasteiger partial charge in [-0.3, -0.25) is 25.3 Å². The van der Waals surface area contributed by atoms with Crippen LogP contribution in [0.25, 0.3) is 21.7 Å². The predicted octanol–water partition coefficient (Wildman–Crippen LogP) is 5.93. The molecule has 0 spiro atoms. The second-order valence-electron chi connectivity index (χ2n) is 10.2. The number of pyridine rings is 2. The molecule has 4 heterocycles. The van der Waals surface area contributed by atoms with E-state index in [0.717, 1.165) is 58.2 Å². The number of benzene rings is 2. The molecule has 1 aliphatic rings. The molecule has 0 unspecified atom stereocenters. The van der Waals surface area contributed by atoms with Crippen molar-refractivity contribution in [2.24, 2.45) is 0 Å². The molecule has 4 aromatic heterocycles. The maximum absolute atomic E-state index is 14.6. The quantitative estimate of drug-likeness (QED) is 0.244. The van der Waals surface area contributed by atoms with Crippen molar-refractivity contribution in [3.05, 3.63) is 109 Å². The fourth-order valence-corrected chi connectivity index (χ4v) is 5.48. The highest BCUT2D eigenvalue weighted by molar-refractivity contribution is 6.16. The van der Waals surface area contributed by atoms with Gasteiger partial charge >= 0.3 is 12.1 Å². The van der Waals surface area contributed by atoms with Gasteiger partial charge < -0.3 is 5.32 Å². The highest BCUT2D eigenvalue weighted by Gasteiger charge is 2.34. The Hall–Kier alpha value is -6.04. The average molecular weight is 583 g/mol. The monoisotopic (exact) mass is 582 g/mol. The Morgan fingerprint density at radius 2 is 1.43 bits per heavy atom. The number of urea groups is 2. The number of aryl methyl sites for hydroxylation is 1. The molecular formula is C32H26N10O2. The largest absolute Gasteiger partial charge is 0.347 e. The Labute approximate surface area is 251 Å². The van der Waals surface area contributed by atoms with Gasteiger partial charge in [0.05, 0.1) is 35.5 Å². The fourth-order valence-electron chi connectivity index (χ4n) is 5.48. The molecule has 6 aromatic rings. The van der Waals surface area contributed by atoms with Crippen molar-refractivity contribution in [1.29, 1.82) is 0 Å². The second-order valence-corrected chi connectivity index (χ2v) is 10.2. The number of nitrogens with zero attached hydrogens (tertiary/aromatic N) is 8. The van der Waals surface area contributed by atoms with Crippen LogP contribution in [0.1, 0.15) is 24.1 Å². The third-order valence-corrected chi connectivity index (χ3v) is 7.43. The number of para-hydroxylation sites is 1. The van der Waals surface area contributed by atoms with Crippen LogP contribution < -0.4 is 20.7 Å². The molecule has 7 rings (SSSR count). The molecule has 0 bridgehead atoms. The number of aromatic nitrogens is 6. The minimum atomic E-state index is -0.689. The van der Waals surface area contributed by atoms with Gasteiger partial charge in [0.2, 0.25) is 0 Å². The van der Waals surface area contributed by atoms with Gasteiger partial charge in [0, 0.05) is 52.8 Å². The number of hydrogen-bond acceptors (Lipinski definition) is 8. The molecule has 4 amide bonds. The van der Waals surface area contributed by atoms with E-state index in [-0.39, 0.29) is 11.6 Å². The molecule has 0 fully saturated rings. The standard InChI is InChI=1S/C32H26N10O2/c43-31(39-28-19-33-13-15-36-28)41(27-18-35-17-21-7-1-2-8-22(21)27)42(29-20-34-14-16-37-29)32(44)40-30-23-9-3-5-11-25(23)38-26-12-6-4-10-24(26)30/h1-3,5,7-9,11,13-20H,4,6,10,12H2,(H,36,39,43)(H,38,40,44). The van der Waals surface area contributed by atoms with Crippen LogP contribution in [-0.4, -0.2) is 42.0 Å². The van der Waals surface area contributed by atoms with Gasteiger partial charge in [-0.1, -0.05) is 42.5 Å². The maximum atomic E-state index is 14.6. The summed E-state index contributed by atoms with van der Waals surface area (Å²) < 4.78 is 0. The topological polar surface area (TPSA) is 142 Å². The summed E-state index contributed by atoms with van der Waals surface area (Å²) in [5, 5.41) is 10.5. The second kappa shape index (κ2) is 11.7. The van der Waals surface area contributed by atoms with E-state index in [0.29, 0.717) is 16.8 Å². The van der Waals surface area contributed by atoms with Crippen molar-refractivity contribution in [3.8, 4) is 0 Å². The van der Waals surface area contributed by atoms with E-state index in [9.17, 15) is 9.59 Å². The molecule has 216 valence electrons. The first-order valence-electron chi connectivity index (χ1n) is 14.1. The van der Waals surface area contributed by atoms with Crippen LogP contribution in [0.3, 0.4) is 0 Å². The van der Waals surface area contributed by atoms with Gasteiger partial charge in [-0.15, -0.1) is 0 Å². The lowest BCUT2D eigenvalue weighted by Gasteiger charge is -2.34. The molecule has 0 aliphatic heterocycles. The lowest BCUT2D eigenvalue weighted by atomic mass is 9.92. The molecule has 2 N–H and O–H groups in total. The Morgan fingerprint density at radius 3 is 2.25 bits per heavy atom. The molecule has 12 heteroatoms. The van der Waals surface area contributed by atoms with Gasteiger partial charge in [0.25, 0.3) is 0 Å². The summed E-state index contributed by atoms with van der Waals surface area (Å²) in [5.41, 5.74) is 3.74. The highest BCUT2D eigenvalue weighted by Crippen LogP contribution is 2.35. The smallest absolute Gasteiger partial charge is 0.305 e. The predicted molar refractivity (Wildman–Crippen MR) is 167 cm³/mol. The summed E-state index contributed by atoms with van der Waals surface area (Å²) in [4.78, 5) is 55.0. The molecule has 44 heavy (non-hydrogen) atoms.